The normalized spacial score (nSPS) is 12.1. The molecule has 0 saturated heterocycles. The molecule has 3 rings (SSSR count). The highest BCUT2D eigenvalue weighted by Gasteiger charge is 2.12. The second-order valence-electron chi connectivity index (χ2n) is 6.76. The van der Waals surface area contributed by atoms with Gasteiger partial charge in [-0.3, -0.25) is 0 Å². The molecule has 5 heteroatoms. The first-order chi connectivity index (χ1) is 13.0. The number of aromatic nitrogens is 2. The summed E-state index contributed by atoms with van der Waals surface area (Å²) < 4.78 is 13.1. The Bertz CT molecular complexity index is 946. The molecule has 1 unspecified atom stereocenters. The molecule has 2 aromatic carbocycles. The molecular formula is C22H26N2O3. The summed E-state index contributed by atoms with van der Waals surface area (Å²) in [6.45, 7) is 8.48. The number of nitrogens with zero attached hydrogens (tertiary/aromatic N) is 2. The lowest BCUT2D eigenvalue weighted by atomic mass is 10.1. The fourth-order valence-corrected chi connectivity index (χ4v) is 3.05. The fourth-order valence-electron chi connectivity index (χ4n) is 3.05. The molecule has 1 N–H and O–H groups in total. The van der Waals surface area contributed by atoms with E-state index in [1.54, 1.807) is 13.4 Å². The van der Waals surface area contributed by atoms with E-state index in [4.69, 9.17) is 9.47 Å². The van der Waals surface area contributed by atoms with Crippen LogP contribution in [0.15, 0.2) is 49.3 Å². The number of aliphatic hydroxyl groups is 1. The zero-order chi connectivity index (χ0) is 19.4. The molecule has 5 nitrogen and oxygen atoms in total. The Balaban J connectivity index is 1.67. The van der Waals surface area contributed by atoms with Gasteiger partial charge in [0.15, 0.2) is 11.5 Å². The van der Waals surface area contributed by atoms with Crippen molar-refractivity contribution in [2.75, 3.05) is 13.7 Å². The quantitative estimate of drug-likeness (QED) is 0.616. The zero-order valence-electron chi connectivity index (χ0n) is 16.1. The van der Waals surface area contributed by atoms with Gasteiger partial charge in [-0.2, -0.15) is 0 Å². The number of rotatable bonds is 8. The Morgan fingerprint density at radius 3 is 2.70 bits per heavy atom. The van der Waals surface area contributed by atoms with Crippen LogP contribution in [0.5, 0.6) is 11.5 Å². The van der Waals surface area contributed by atoms with Crippen molar-refractivity contribution in [3.8, 4) is 11.5 Å². The van der Waals surface area contributed by atoms with Gasteiger partial charge in [0.05, 0.1) is 31.0 Å². The van der Waals surface area contributed by atoms with Gasteiger partial charge < -0.3 is 19.1 Å². The number of hydrogen-bond acceptors (Lipinski definition) is 4. The van der Waals surface area contributed by atoms with Crippen LogP contribution in [0.2, 0.25) is 0 Å². The molecule has 3 aromatic rings. The maximum absolute atomic E-state index is 10.4. The highest BCUT2D eigenvalue weighted by molar-refractivity contribution is 5.77. The zero-order valence-corrected chi connectivity index (χ0v) is 16.1. The predicted octanol–water partition coefficient (Wildman–Crippen LogP) is 3.83. The van der Waals surface area contributed by atoms with E-state index in [0.29, 0.717) is 18.0 Å². The van der Waals surface area contributed by atoms with E-state index < -0.39 is 6.10 Å². The molecule has 0 fully saturated rings. The maximum atomic E-state index is 10.4. The highest BCUT2D eigenvalue weighted by atomic mass is 16.5. The van der Waals surface area contributed by atoms with Crippen molar-refractivity contribution in [2.24, 2.45) is 0 Å². The molecule has 1 heterocycles. The predicted molar refractivity (Wildman–Crippen MR) is 108 cm³/mol. The highest BCUT2D eigenvalue weighted by Crippen LogP contribution is 2.28. The molecule has 0 bridgehead atoms. The van der Waals surface area contributed by atoms with Gasteiger partial charge in [-0.05, 0) is 61.2 Å². The average Bonchev–Trinajstić information content (AvgIpc) is 3.02. The molecule has 0 radical (unpaired) electrons. The van der Waals surface area contributed by atoms with E-state index in [2.05, 4.69) is 37.5 Å². The molecule has 0 spiro atoms. The second kappa shape index (κ2) is 8.27. The lowest BCUT2D eigenvalue weighted by molar-refractivity contribution is 0.0919. The van der Waals surface area contributed by atoms with Crippen LogP contribution in [-0.4, -0.2) is 34.5 Å². The van der Waals surface area contributed by atoms with Gasteiger partial charge in [-0.1, -0.05) is 12.1 Å². The van der Waals surface area contributed by atoms with E-state index in [-0.39, 0.29) is 6.61 Å². The Kier molecular flexibility index (Phi) is 5.81. The monoisotopic (exact) mass is 366 g/mol. The molecule has 0 aliphatic carbocycles. The van der Waals surface area contributed by atoms with E-state index in [9.17, 15) is 5.11 Å². The molecular weight excluding hydrogens is 340 g/mol. The van der Waals surface area contributed by atoms with Crippen LogP contribution in [0.25, 0.3) is 11.0 Å². The Hall–Kier alpha value is -2.79. The number of ether oxygens (including phenoxy) is 2. The first-order valence-electron chi connectivity index (χ1n) is 9.02. The second-order valence-corrected chi connectivity index (χ2v) is 6.76. The lowest BCUT2D eigenvalue weighted by Gasteiger charge is -2.16. The molecule has 0 amide bonds. The third-order valence-corrected chi connectivity index (χ3v) is 4.68. The van der Waals surface area contributed by atoms with E-state index in [1.165, 1.54) is 11.1 Å². The van der Waals surface area contributed by atoms with E-state index in [1.807, 2.05) is 28.8 Å². The van der Waals surface area contributed by atoms with Crippen molar-refractivity contribution in [3.63, 3.8) is 0 Å². The minimum absolute atomic E-state index is 0.168. The van der Waals surface area contributed by atoms with Gasteiger partial charge in [0.2, 0.25) is 0 Å². The minimum Gasteiger partial charge on any atom is -0.493 e. The van der Waals surface area contributed by atoms with Crippen LogP contribution < -0.4 is 9.47 Å². The molecule has 27 heavy (non-hydrogen) atoms. The number of fused-ring (bicyclic) bond motifs is 1. The van der Waals surface area contributed by atoms with Crippen molar-refractivity contribution in [3.05, 3.63) is 66.0 Å². The van der Waals surface area contributed by atoms with Crippen molar-refractivity contribution >= 4 is 11.0 Å². The van der Waals surface area contributed by atoms with Crippen LogP contribution in [-0.2, 0) is 13.0 Å². The van der Waals surface area contributed by atoms with E-state index in [0.717, 1.165) is 23.0 Å². The summed E-state index contributed by atoms with van der Waals surface area (Å²) in [4.78, 5) is 4.43. The van der Waals surface area contributed by atoms with Gasteiger partial charge in [-0.25, -0.2) is 4.98 Å². The molecule has 0 aliphatic rings. The number of methoxy groups -OCH3 is 1. The molecule has 0 aliphatic heterocycles. The SMILES string of the molecule is C=CCc1ccc(OCC(O)Cn2cnc3cc(C)c(C)cc32)c(OC)c1. The number of aliphatic hydroxyl groups excluding tert-OH is 1. The first kappa shape index (κ1) is 19.0. The third-order valence-electron chi connectivity index (χ3n) is 4.68. The average molecular weight is 366 g/mol. The summed E-state index contributed by atoms with van der Waals surface area (Å²) in [5, 5.41) is 10.4. The van der Waals surface area contributed by atoms with Gasteiger partial charge in [0, 0.05) is 0 Å². The summed E-state index contributed by atoms with van der Waals surface area (Å²) in [6.07, 6.45) is 3.71. The Morgan fingerprint density at radius 1 is 1.19 bits per heavy atom. The smallest absolute Gasteiger partial charge is 0.161 e. The summed E-state index contributed by atoms with van der Waals surface area (Å²) in [5.74, 6) is 1.27. The summed E-state index contributed by atoms with van der Waals surface area (Å²) >= 11 is 0. The van der Waals surface area contributed by atoms with Gasteiger partial charge in [0.1, 0.15) is 12.7 Å². The van der Waals surface area contributed by atoms with Crippen LogP contribution >= 0.6 is 0 Å². The molecule has 0 saturated carbocycles. The van der Waals surface area contributed by atoms with Gasteiger partial charge >= 0.3 is 0 Å². The van der Waals surface area contributed by atoms with Crippen molar-refractivity contribution in [1.29, 1.82) is 0 Å². The molecule has 1 atom stereocenters. The minimum atomic E-state index is -0.665. The fraction of sp³-hybridized carbons (Fsp3) is 0.318. The van der Waals surface area contributed by atoms with Gasteiger partial charge in [-0.15, -0.1) is 6.58 Å². The number of allylic oxidation sites excluding steroid dienone is 1. The summed E-state index contributed by atoms with van der Waals surface area (Å²) in [5.41, 5.74) is 5.47. The first-order valence-corrected chi connectivity index (χ1v) is 9.02. The number of benzene rings is 2. The summed E-state index contributed by atoms with van der Waals surface area (Å²) in [6, 6.07) is 9.94. The van der Waals surface area contributed by atoms with Crippen LogP contribution in [0.3, 0.4) is 0 Å². The van der Waals surface area contributed by atoms with Crippen molar-refractivity contribution in [1.82, 2.24) is 9.55 Å². The van der Waals surface area contributed by atoms with Crippen LogP contribution in [0.1, 0.15) is 16.7 Å². The standard InChI is InChI=1S/C22H26N2O3/c1-5-6-17-7-8-21(22(11-17)26-4)27-13-18(25)12-24-14-23-19-9-15(2)16(3)10-20(19)24/h5,7-11,14,18,25H,1,6,12-13H2,2-4H3. The lowest BCUT2D eigenvalue weighted by Crippen LogP contribution is -2.23. The molecule has 1 aromatic heterocycles. The third kappa shape index (κ3) is 4.31. The van der Waals surface area contributed by atoms with Crippen molar-refractivity contribution < 1.29 is 14.6 Å². The topological polar surface area (TPSA) is 56.5 Å². The number of imidazole rings is 1. The van der Waals surface area contributed by atoms with Crippen molar-refractivity contribution in [2.45, 2.75) is 32.9 Å². The molecule has 142 valence electrons. The maximum Gasteiger partial charge on any atom is 0.161 e. The van der Waals surface area contributed by atoms with E-state index >= 15 is 0 Å². The summed E-state index contributed by atoms with van der Waals surface area (Å²) in [7, 11) is 1.61. The van der Waals surface area contributed by atoms with Crippen LogP contribution in [0.4, 0.5) is 0 Å². The Morgan fingerprint density at radius 2 is 1.96 bits per heavy atom. The number of hydrogen-bond donors (Lipinski definition) is 1. The number of aryl methyl sites for hydroxylation is 2. The Labute approximate surface area is 159 Å². The van der Waals surface area contributed by atoms with Gasteiger partial charge in [0.25, 0.3) is 0 Å². The largest absolute Gasteiger partial charge is 0.493 e. The van der Waals surface area contributed by atoms with Crippen LogP contribution in [0, 0.1) is 13.8 Å².